The summed E-state index contributed by atoms with van der Waals surface area (Å²) >= 11 is 0. The molecule has 0 aliphatic rings. The van der Waals surface area contributed by atoms with Crippen LogP contribution in [0.2, 0.25) is 0 Å². The second-order valence-electron chi connectivity index (χ2n) is 2.99. The number of methoxy groups -OCH3 is 1. The number of hydrogen-bond acceptors (Lipinski definition) is 3. The quantitative estimate of drug-likeness (QED) is 0.693. The average Bonchev–Trinajstić information content (AvgIpc) is 2.43. The summed E-state index contributed by atoms with van der Waals surface area (Å²) in [5, 5.41) is 0. The Morgan fingerprint density at radius 3 is 2.92 bits per heavy atom. The van der Waals surface area contributed by atoms with E-state index in [0.29, 0.717) is 5.95 Å². The van der Waals surface area contributed by atoms with Gasteiger partial charge in [0.15, 0.2) is 5.95 Å². The van der Waals surface area contributed by atoms with Crippen LogP contribution in [0.25, 0.3) is 11.0 Å². The highest BCUT2D eigenvalue weighted by Gasteiger charge is 2.06. The van der Waals surface area contributed by atoms with Crippen LogP contribution in [-0.4, -0.2) is 17.1 Å². The van der Waals surface area contributed by atoms with E-state index in [0.717, 1.165) is 22.3 Å². The Bertz CT molecular complexity index is 447. The van der Waals surface area contributed by atoms with E-state index in [-0.39, 0.29) is 0 Å². The number of imidazole rings is 1. The molecule has 0 radical (unpaired) electrons. The van der Waals surface area contributed by atoms with Gasteiger partial charge in [-0.15, -0.1) is 0 Å². The van der Waals surface area contributed by atoms with E-state index in [1.54, 1.807) is 7.11 Å². The van der Waals surface area contributed by atoms with Gasteiger partial charge in [-0.05, 0) is 24.6 Å². The summed E-state index contributed by atoms with van der Waals surface area (Å²) in [5.41, 5.74) is 8.35. The first-order chi connectivity index (χ1) is 6.20. The molecule has 1 aromatic heterocycles. The van der Waals surface area contributed by atoms with Crippen molar-refractivity contribution >= 4 is 17.0 Å². The predicted octanol–water partition coefficient (Wildman–Crippen LogP) is 1.46. The number of aromatic amines is 1. The number of anilines is 1. The van der Waals surface area contributed by atoms with E-state index >= 15 is 0 Å². The Kier molecular flexibility index (Phi) is 1.62. The van der Waals surface area contributed by atoms with Crippen LogP contribution in [-0.2, 0) is 0 Å². The largest absolute Gasteiger partial charge is 0.494 e. The molecule has 0 unspecified atom stereocenters. The summed E-state index contributed by atoms with van der Waals surface area (Å²) in [6, 6.07) is 3.92. The van der Waals surface area contributed by atoms with Crippen LogP contribution in [0.5, 0.6) is 5.75 Å². The van der Waals surface area contributed by atoms with Gasteiger partial charge in [0.1, 0.15) is 11.3 Å². The molecule has 4 nitrogen and oxygen atoms in total. The predicted molar refractivity (Wildman–Crippen MR) is 51.8 cm³/mol. The topological polar surface area (TPSA) is 63.9 Å². The van der Waals surface area contributed by atoms with Gasteiger partial charge in [0, 0.05) is 0 Å². The number of benzene rings is 1. The van der Waals surface area contributed by atoms with Crippen molar-refractivity contribution in [3.05, 3.63) is 17.7 Å². The molecule has 0 saturated heterocycles. The molecular weight excluding hydrogens is 166 g/mol. The molecule has 2 aromatic rings. The number of ether oxygens (including phenoxy) is 1. The number of nitrogens with two attached hydrogens (primary N) is 1. The van der Waals surface area contributed by atoms with Gasteiger partial charge in [0.2, 0.25) is 0 Å². The van der Waals surface area contributed by atoms with Crippen molar-refractivity contribution in [1.82, 2.24) is 9.97 Å². The molecule has 4 heteroatoms. The van der Waals surface area contributed by atoms with Gasteiger partial charge in [0.25, 0.3) is 0 Å². The van der Waals surface area contributed by atoms with E-state index in [4.69, 9.17) is 10.5 Å². The molecule has 0 bridgehead atoms. The molecule has 0 spiro atoms. The van der Waals surface area contributed by atoms with Gasteiger partial charge < -0.3 is 15.5 Å². The molecule has 0 aliphatic carbocycles. The smallest absolute Gasteiger partial charge is 0.198 e. The van der Waals surface area contributed by atoms with Crippen molar-refractivity contribution in [1.29, 1.82) is 0 Å². The molecule has 0 amide bonds. The van der Waals surface area contributed by atoms with Crippen LogP contribution < -0.4 is 10.5 Å². The molecule has 0 fully saturated rings. The maximum Gasteiger partial charge on any atom is 0.198 e. The molecule has 0 atom stereocenters. The third-order valence-electron chi connectivity index (χ3n) is 1.93. The fraction of sp³-hybridized carbons (Fsp3) is 0.222. The second-order valence-corrected chi connectivity index (χ2v) is 2.99. The normalized spacial score (nSPS) is 10.6. The third-order valence-corrected chi connectivity index (χ3v) is 1.93. The van der Waals surface area contributed by atoms with Gasteiger partial charge in [-0.25, -0.2) is 4.98 Å². The van der Waals surface area contributed by atoms with Crippen LogP contribution in [0.3, 0.4) is 0 Å². The lowest BCUT2D eigenvalue weighted by Crippen LogP contribution is -1.86. The fourth-order valence-corrected chi connectivity index (χ4v) is 1.40. The zero-order chi connectivity index (χ0) is 9.42. The number of aryl methyl sites for hydroxylation is 1. The second kappa shape index (κ2) is 2.65. The monoisotopic (exact) mass is 177 g/mol. The fourth-order valence-electron chi connectivity index (χ4n) is 1.40. The Morgan fingerprint density at radius 2 is 2.23 bits per heavy atom. The van der Waals surface area contributed by atoms with E-state index in [9.17, 15) is 0 Å². The minimum atomic E-state index is 0.416. The van der Waals surface area contributed by atoms with Crippen molar-refractivity contribution < 1.29 is 4.74 Å². The molecule has 13 heavy (non-hydrogen) atoms. The molecule has 68 valence electrons. The SMILES string of the molecule is COc1cc(C)cc2[nH]c(N)nc12. The minimum Gasteiger partial charge on any atom is -0.494 e. The van der Waals surface area contributed by atoms with Gasteiger partial charge in [-0.1, -0.05) is 0 Å². The lowest BCUT2D eigenvalue weighted by Gasteiger charge is -2.01. The summed E-state index contributed by atoms with van der Waals surface area (Å²) in [6.45, 7) is 2.00. The van der Waals surface area contributed by atoms with Crippen LogP contribution in [0.4, 0.5) is 5.95 Å². The number of fused-ring (bicyclic) bond motifs is 1. The summed E-state index contributed by atoms with van der Waals surface area (Å²) < 4.78 is 5.18. The maximum absolute atomic E-state index is 5.54. The van der Waals surface area contributed by atoms with Gasteiger partial charge in [-0.3, -0.25) is 0 Å². The Balaban J connectivity index is 2.80. The zero-order valence-corrected chi connectivity index (χ0v) is 7.59. The van der Waals surface area contributed by atoms with Crippen molar-refractivity contribution in [3.63, 3.8) is 0 Å². The molecule has 2 rings (SSSR count). The molecule has 3 N–H and O–H groups in total. The first-order valence-corrected chi connectivity index (χ1v) is 4.00. The van der Waals surface area contributed by atoms with E-state index in [1.807, 2.05) is 19.1 Å². The number of nitrogens with zero attached hydrogens (tertiary/aromatic N) is 1. The standard InChI is InChI=1S/C9H11N3O/c1-5-3-6-8(7(4-5)13-2)12-9(10)11-6/h3-4H,1-2H3,(H3,10,11,12). The highest BCUT2D eigenvalue weighted by Crippen LogP contribution is 2.25. The minimum absolute atomic E-state index is 0.416. The van der Waals surface area contributed by atoms with Crippen LogP contribution >= 0.6 is 0 Å². The molecule has 1 aromatic carbocycles. The average molecular weight is 177 g/mol. The van der Waals surface area contributed by atoms with Crippen LogP contribution in [0.1, 0.15) is 5.56 Å². The van der Waals surface area contributed by atoms with Gasteiger partial charge in [0.05, 0.1) is 12.6 Å². The van der Waals surface area contributed by atoms with Crippen LogP contribution in [0, 0.1) is 6.92 Å². The third kappa shape index (κ3) is 1.20. The highest BCUT2D eigenvalue weighted by molar-refractivity contribution is 5.84. The van der Waals surface area contributed by atoms with Crippen molar-refractivity contribution in [2.45, 2.75) is 6.92 Å². The number of nitrogens with one attached hydrogen (secondary N) is 1. The van der Waals surface area contributed by atoms with Crippen molar-refractivity contribution in [2.24, 2.45) is 0 Å². The maximum atomic E-state index is 5.54. The molecular formula is C9H11N3O. The summed E-state index contributed by atoms with van der Waals surface area (Å²) in [5.74, 6) is 1.17. The first-order valence-electron chi connectivity index (χ1n) is 4.00. The van der Waals surface area contributed by atoms with E-state index < -0.39 is 0 Å². The van der Waals surface area contributed by atoms with Crippen molar-refractivity contribution in [2.75, 3.05) is 12.8 Å². The Labute approximate surface area is 75.7 Å². The first kappa shape index (κ1) is 7.91. The van der Waals surface area contributed by atoms with E-state index in [1.165, 1.54) is 0 Å². The summed E-state index contributed by atoms with van der Waals surface area (Å²) in [6.07, 6.45) is 0. The number of H-pyrrole nitrogens is 1. The summed E-state index contributed by atoms with van der Waals surface area (Å²) in [7, 11) is 1.62. The molecule has 0 saturated carbocycles. The number of hydrogen-bond donors (Lipinski definition) is 2. The molecule has 1 heterocycles. The lowest BCUT2D eigenvalue weighted by molar-refractivity contribution is 0.418. The number of nitrogen functional groups attached to an aromatic ring is 1. The summed E-state index contributed by atoms with van der Waals surface area (Å²) in [4.78, 5) is 7.08. The van der Waals surface area contributed by atoms with Gasteiger partial charge in [-0.2, -0.15) is 0 Å². The van der Waals surface area contributed by atoms with Crippen LogP contribution in [0.15, 0.2) is 12.1 Å². The molecule has 0 aliphatic heterocycles. The number of aromatic nitrogens is 2. The van der Waals surface area contributed by atoms with Crippen molar-refractivity contribution in [3.8, 4) is 5.75 Å². The Morgan fingerprint density at radius 1 is 1.46 bits per heavy atom. The number of rotatable bonds is 1. The lowest BCUT2D eigenvalue weighted by atomic mass is 10.2. The zero-order valence-electron chi connectivity index (χ0n) is 7.59. The highest BCUT2D eigenvalue weighted by atomic mass is 16.5. The van der Waals surface area contributed by atoms with E-state index in [2.05, 4.69) is 9.97 Å². The van der Waals surface area contributed by atoms with Gasteiger partial charge >= 0.3 is 0 Å². The Hall–Kier alpha value is -1.71.